The van der Waals surface area contributed by atoms with Crippen molar-refractivity contribution in [2.45, 2.75) is 58.3 Å². The highest BCUT2D eigenvalue weighted by Crippen LogP contribution is 2.32. The number of aryl methyl sites for hydroxylation is 1. The van der Waals surface area contributed by atoms with Crippen LogP contribution in [-0.4, -0.2) is 16.6 Å². The van der Waals surface area contributed by atoms with Gasteiger partial charge in [0.1, 0.15) is 11.6 Å². The fraction of sp³-hybridized carbons (Fsp3) is 0.400. The number of aromatic nitrogens is 2. The first kappa shape index (κ1) is 18.8. The van der Waals surface area contributed by atoms with Crippen LogP contribution in [0.1, 0.15) is 63.3 Å². The molecule has 4 rings (SSSR count). The van der Waals surface area contributed by atoms with Crippen LogP contribution in [0.3, 0.4) is 0 Å². The molecule has 0 aliphatic heterocycles. The third-order valence-corrected chi connectivity index (χ3v) is 5.76. The van der Waals surface area contributed by atoms with E-state index in [0.29, 0.717) is 0 Å². The highest BCUT2D eigenvalue weighted by molar-refractivity contribution is 5.79. The van der Waals surface area contributed by atoms with E-state index in [-0.39, 0.29) is 0 Å². The number of hydrogen-bond acceptors (Lipinski definition) is 2. The van der Waals surface area contributed by atoms with Crippen LogP contribution in [0, 0.1) is 0 Å². The number of hydrogen-bond donors (Lipinski definition) is 1. The Hall–Kier alpha value is -2.55. The van der Waals surface area contributed by atoms with Crippen molar-refractivity contribution in [3.05, 3.63) is 65.5 Å². The predicted octanol–water partition coefficient (Wildman–Crippen LogP) is 6.70. The van der Waals surface area contributed by atoms with Gasteiger partial charge in [-0.2, -0.15) is 0 Å². The molecule has 0 atom stereocenters. The van der Waals surface area contributed by atoms with Crippen molar-refractivity contribution in [2.24, 2.45) is 0 Å². The lowest BCUT2D eigenvalue weighted by Crippen LogP contribution is -2.00. The number of nitrogens with zero attached hydrogens (tertiary/aromatic N) is 1. The number of benzene rings is 2. The Balaban J connectivity index is 1.21. The minimum absolute atomic E-state index is 0.807. The molecule has 2 aromatic carbocycles. The van der Waals surface area contributed by atoms with E-state index in [1.54, 1.807) is 5.57 Å². The first-order chi connectivity index (χ1) is 13.8. The summed E-state index contributed by atoms with van der Waals surface area (Å²) in [5.74, 6) is 2.03. The summed E-state index contributed by atoms with van der Waals surface area (Å²) in [6.07, 6.45) is 9.74. The monoisotopic (exact) mass is 374 g/mol. The maximum Gasteiger partial charge on any atom is 0.134 e. The lowest BCUT2D eigenvalue weighted by atomic mass is 9.88. The Morgan fingerprint density at radius 1 is 1.00 bits per heavy atom. The molecule has 0 unspecified atom stereocenters. The molecule has 1 aliphatic rings. The van der Waals surface area contributed by atoms with Gasteiger partial charge in [0.15, 0.2) is 0 Å². The summed E-state index contributed by atoms with van der Waals surface area (Å²) in [4.78, 5) is 8.32. The highest BCUT2D eigenvalue weighted by atomic mass is 16.5. The number of unbranched alkanes of at least 4 members (excludes halogenated alkanes) is 3. The van der Waals surface area contributed by atoms with Gasteiger partial charge in [0.2, 0.25) is 0 Å². The van der Waals surface area contributed by atoms with E-state index in [4.69, 9.17) is 9.72 Å². The van der Waals surface area contributed by atoms with Crippen LogP contribution < -0.4 is 4.74 Å². The summed E-state index contributed by atoms with van der Waals surface area (Å²) < 4.78 is 5.75. The van der Waals surface area contributed by atoms with Gasteiger partial charge >= 0.3 is 0 Å². The van der Waals surface area contributed by atoms with Gasteiger partial charge in [-0.3, -0.25) is 0 Å². The first-order valence-electron chi connectivity index (χ1n) is 10.6. The molecule has 0 bridgehead atoms. The van der Waals surface area contributed by atoms with E-state index in [1.165, 1.54) is 55.2 Å². The van der Waals surface area contributed by atoms with Crippen LogP contribution in [-0.2, 0) is 6.42 Å². The number of ether oxygens (including phenoxy) is 1. The average Bonchev–Trinajstić information content (AvgIpc) is 3.10. The van der Waals surface area contributed by atoms with Crippen molar-refractivity contribution in [3.8, 4) is 5.75 Å². The van der Waals surface area contributed by atoms with Gasteiger partial charge in [0, 0.05) is 0 Å². The maximum absolute atomic E-state index is 5.75. The van der Waals surface area contributed by atoms with Gasteiger partial charge in [0.05, 0.1) is 17.6 Å². The summed E-state index contributed by atoms with van der Waals surface area (Å²) in [5.41, 5.74) is 6.56. The summed E-state index contributed by atoms with van der Waals surface area (Å²) in [5, 5.41) is 0. The largest absolute Gasteiger partial charge is 0.494 e. The number of allylic oxidation sites excluding steroid dienone is 2. The van der Waals surface area contributed by atoms with Crippen LogP contribution in [0.2, 0.25) is 0 Å². The average molecular weight is 375 g/mol. The Bertz CT molecular complexity index is 934. The van der Waals surface area contributed by atoms with E-state index < -0.39 is 0 Å². The van der Waals surface area contributed by atoms with Crippen LogP contribution in [0.5, 0.6) is 5.75 Å². The van der Waals surface area contributed by atoms with Crippen molar-refractivity contribution in [3.63, 3.8) is 0 Å². The predicted molar refractivity (Wildman–Crippen MR) is 117 cm³/mol. The van der Waals surface area contributed by atoms with Gasteiger partial charge in [-0.1, -0.05) is 42.7 Å². The molecule has 3 aromatic rings. The first-order valence-corrected chi connectivity index (χ1v) is 10.6. The molecule has 0 spiro atoms. The minimum atomic E-state index is 0.807. The number of imidazole rings is 1. The zero-order valence-corrected chi connectivity index (χ0v) is 16.8. The fourth-order valence-electron chi connectivity index (χ4n) is 3.78. The number of para-hydroxylation sites is 1. The molecule has 1 aliphatic carbocycles. The Labute approximate surface area is 167 Å². The molecule has 28 heavy (non-hydrogen) atoms. The molecule has 3 heteroatoms. The van der Waals surface area contributed by atoms with Crippen LogP contribution >= 0.6 is 0 Å². The SMILES string of the molecule is CC(=C1CCC1)c1nc2ccc(CCCCCCOc3ccccc3)cc2[nH]1. The number of nitrogens with one attached hydrogen (secondary N) is 1. The van der Waals surface area contributed by atoms with Crippen LogP contribution in [0.15, 0.2) is 54.1 Å². The molecule has 1 saturated carbocycles. The topological polar surface area (TPSA) is 37.9 Å². The van der Waals surface area contributed by atoms with Crippen LogP contribution in [0.25, 0.3) is 16.6 Å². The van der Waals surface area contributed by atoms with Gasteiger partial charge < -0.3 is 9.72 Å². The third-order valence-electron chi connectivity index (χ3n) is 5.76. The number of H-pyrrole nitrogens is 1. The standard InChI is InChI=1S/C25H30N2O/c1-19(21-11-9-12-21)25-26-23-16-15-20(18-24(23)27-25)10-5-2-3-8-17-28-22-13-6-4-7-14-22/h4,6-7,13-16,18H,2-3,5,8-12,17H2,1H3,(H,26,27). The Kier molecular flexibility index (Phi) is 6.11. The molecule has 146 valence electrons. The number of aromatic amines is 1. The molecule has 1 N–H and O–H groups in total. The summed E-state index contributed by atoms with van der Waals surface area (Å²) in [6.45, 7) is 3.01. The molecule has 0 radical (unpaired) electrons. The Morgan fingerprint density at radius 3 is 2.61 bits per heavy atom. The van der Waals surface area contributed by atoms with E-state index in [1.807, 2.05) is 30.3 Å². The lowest BCUT2D eigenvalue weighted by molar-refractivity contribution is 0.304. The second-order valence-corrected chi connectivity index (χ2v) is 7.84. The summed E-state index contributed by atoms with van der Waals surface area (Å²) in [7, 11) is 0. The van der Waals surface area contributed by atoms with E-state index in [2.05, 4.69) is 30.1 Å². The molecule has 1 aromatic heterocycles. The molecule has 1 fully saturated rings. The van der Waals surface area contributed by atoms with Gasteiger partial charge in [0.25, 0.3) is 0 Å². The van der Waals surface area contributed by atoms with Gasteiger partial charge in [-0.25, -0.2) is 4.98 Å². The molecule has 0 amide bonds. The molecular formula is C25H30N2O. The quantitative estimate of drug-likeness (QED) is 0.423. The number of fused-ring (bicyclic) bond motifs is 1. The van der Waals surface area contributed by atoms with Crippen molar-refractivity contribution in [1.82, 2.24) is 9.97 Å². The van der Waals surface area contributed by atoms with E-state index in [9.17, 15) is 0 Å². The molecular weight excluding hydrogens is 344 g/mol. The third kappa shape index (κ3) is 4.64. The van der Waals surface area contributed by atoms with Crippen molar-refractivity contribution in [2.75, 3.05) is 6.61 Å². The second kappa shape index (κ2) is 9.09. The molecule has 3 nitrogen and oxygen atoms in total. The zero-order chi connectivity index (χ0) is 19.2. The second-order valence-electron chi connectivity index (χ2n) is 7.84. The smallest absolute Gasteiger partial charge is 0.134 e. The fourth-order valence-corrected chi connectivity index (χ4v) is 3.78. The molecule has 1 heterocycles. The van der Waals surface area contributed by atoms with Crippen molar-refractivity contribution in [1.29, 1.82) is 0 Å². The lowest BCUT2D eigenvalue weighted by Gasteiger charge is -2.18. The minimum Gasteiger partial charge on any atom is -0.494 e. The highest BCUT2D eigenvalue weighted by Gasteiger charge is 2.15. The van der Waals surface area contributed by atoms with Crippen molar-refractivity contribution < 1.29 is 4.74 Å². The summed E-state index contributed by atoms with van der Waals surface area (Å²) in [6, 6.07) is 16.8. The maximum atomic E-state index is 5.75. The Morgan fingerprint density at radius 2 is 1.82 bits per heavy atom. The van der Waals surface area contributed by atoms with Crippen molar-refractivity contribution >= 4 is 16.6 Å². The summed E-state index contributed by atoms with van der Waals surface area (Å²) >= 11 is 0. The van der Waals surface area contributed by atoms with E-state index in [0.717, 1.165) is 36.5 Å². The van der Waals surface area contributed by atoms with E-state index >= 15 is 0 Å². The van der Waals surface area contributed by atoms with Crippen LogP contribution in [0.4, 0.5) is 0 Å². The van der Waals surface area contributed by atoms with Gasteiger partial charge in [-0.15, -0.1) is 0 Å². The molecule has 0 saturated heterocycles. The normalized spacial score (nSPS) is 13.5. The number of rotatable bonds is 9. The zero-order valence-electron chi connectivity index (χ0n) is 16.8. The van der Waals surface area contributed by atoms with Gasteiger partial charge in [-0.05, 0) is 80.9 Å².